The summed E-state index contributed by atoms with van der Waals surface area (Å²) in [4.78, 5) is 24.1. The molecule has 0 heterocycles. The van der Waals surface area contributed by atoms with Crippen molar-refractivity contribution < 1.29 is 9.59 Å². The molecule has 1 amide bonds. The van der Waals surface area contributed by atoms with Gasteiger partial charge in [0, 0.05) is 10.0 Å². The van der Waals surface area contributed by atoms with Crippen molar-refractivity contribution in [3.05, 3.63) is 33.8 Å². The second-order valence-electron chi connectivity index (χ2n) is 2.42. The molecule has 0 atom stereocenters. The Kier molecular flexibility index (Phi) is 3.12. The summed E-state index contributed by atoms with van der Waals surface area (Å²) in [5, 5.41) is 0. The maximum atomic E-state index is 11.2. The third-order valence-corrected chi connectivity index (χ3v) is 2.50. The van der Waals surface area contributed by atoms with Gasteiger partial charge in [0.25, 0.3) is 5.91 Å². The number of aliphatic imine (C=N–C) groups is 1. The molecular weight excluding hydrogens is 234 g/mol. The van der Waals surface area contributed by atoms with Gasteiger partial charge in [-0.2, -0.15) is 0 Å². The van der Waals surface area contributed by atoms with Crippen molar-refractivity contribution in [2.75, 3.05) is 0 Å². The van der Waals surface area contributed by atoms with E-state index in [9.17, 15) is 9.59 Å². The Morgan fingerprint density at radius 2 is 2.23 bits per heavy atom. The lowest BCUT2D eigenvalue weighted by Crippen LogP contribution is -1.97. The molecule has 0 aliphatic heterocycles. The zero-order valence-corrected chi connectivity index (χ0v) is 8.46. The summed E-state index contributed by atoms with van der Waals surface area (Å²) in [6, 6.07) is 5.14. The molecule has 0 saturated carbocycles. The lowest BCUT2D eigenvalue weighted by molar-refractivity contribution is 0.100. The number of halogens is 1. The molecule has 1 aromatic carbocycles. The van der Waals surface area contributed by atoms with E-state index in [1.807, 2.05) is 6.07 Å². The summed E-state index contributed by atoms with van der Waals surface area (Å²) in [6.07, 6.45) is 1.22. The fourth-order valence-electron chi connectivity index (χ4n) is 0.941. The van der Waals surface area contributed by atoms with Crippen molar-refractivity contribution in [3.63, 3.8) is 0 Å². The first kappa shape index (κ1) is 9.84. The van der Waals surface area contributed by atoms with Crippen LogP contribution in [0, 0.1) is 6.92 Å². The van der Waals surface area contributed by atoms with Crippen LogP contribution in [0.4, 0.5) is 0 Å². The van der Waals surface area contributed by atoms with Gasteiger partial charge in [-0.15, -0.1) is 4.99 Å². The minimum absolute atomic E-state index is 0.415. The maximum absolute atomic E-state index is 11.2. The van der Waals surface area contributed by atoms with Crippen LogP contribution in [0.1, 0.15) is 15.9 Å². The highest BCUT2D eigenvalue weighted by atomic mass is 79.9. The molecular formula is C9H6BrNO2. The van der Waals surface area contributed by atoms with Gasteiger partial charge in [-0.1, -0.05) is 22.0 Å². The number of hydrogen-bond acceptors (Lipinski definition) is 2. The molecule has 0 fully saturated rings. The van der Waals surface area contributed by atoms with Crippen molar-refractivity contribution in [1.82, 2.24) is 0 Å². The smallest absolute Gasteiger partial charge is 0.266 e. The standard InChI is InChI=1S/C9H6BrNO2/c1-6-7(9(13)11-5-12)3-2-4-8(6)10/h2-4H,1H3. The third kappa shape index (κ3) is 2.11. The first-order chi connectivity index (χ1) is 6.16. The van der Waals surface area contributed by atoms with Gasteiger partial charge in [0.15, 0.2) is 0 Å². The number of hydrogen-bond donors (Lipinski definition) is 0. The number of nitrogens with zero attached hydrogens (tertiary/aromatic N) is 1. The van der Waals surface area contributed by atoms with E-state index in [4.69, 9.17) is 0 Å². The summed E-state index contributed by atoms with van der Waals surface area (Å²) in [5.74, 6) is -0.561. The molecule has 1 rings (SSSR count). The van der Waals surface area contributed by atoms with E-state index in [1.165, 1.54) is 6.08 Å². The summed E-state index contributed by atoms with van der Waals surface area (Å²) in [7, 11) is 0. The molecule has 0 radical (unpaired) electrons. The maximum Gasteiger partial charge on any atom is 0.288 e. The van der Waals surface area contributed by atoms with E-state index >= 15 is 0 Å². The number of amides is 1. The second kappa shape index (κ2) is 4.12. The van der Waals surface area contributed by atoms with Gasteiger partial charge in [0.1, 0.15) is 0 Å². The number of isocyanates is 1. The zero-order chi connectivity index (χ0) is 9.84. The Morgan fingerprint density at radius 1 is 1.54 bits per heavy atom. The third-order valence-electron chi connectivity index (χ3n) is 1.65. The van der Waals surface area contributed by atoms with E-state index in [0.29, 0.717) is 5.56 Å². The average molecular weight is 240 g/mol. The van der Waals surface area contributed by atoms with Gasteiger partial charge in [0.05, 0.1) is 0 Å². The van der Waals surface area contributed by atoms with E-state index in [2.05, 4.69) is 20.9 Å². The highest BCUT2D eigenvalue weighted by Gasteiger charge is 2.08. The van der Waals surface area contributed by atoms with E-state index < -0.39 is 5.91 Å². The largest absolute Gasteiger partial charge is 0.288 e. The molecule has 0 aliphatic carbocycles. The quantitative estimate of drug-likeness (QED) is 0.558. The molecule has 0 aliphatic rings. The average Bonchev–Trinajstić information content (AvgIpc) is 2.10. The van der Waals surface area contributed by atoms with Crippen LogP contribution in [0.2, 0.25) is 0 Å². The van der Waals surface area contributed by atoms with Crippen LogP contribution >= 0.6 is 15.9 Å². The van der Waals surface area contributed by atoms with E-state index in [1.54, 1.807) is 19.1 Å². The fourth-order valence-corrected chi connectivity index (χ4v) is 1.31. The normalized spacial score (nSPS) is 9.08. The van der Waals surface area contributed by atoms with Gasteiger partial charge in [-0.25, -0.2) is 4.79 Å². The van der Waals surface area contributed by atoms with Crippen molar-refractivity contribution in [2.24, 2.45) is 4.99 Å². The van der Waals surface area contributed by atoms with E-state index in [0.717, 1.165) is 10.0 Å². The SMILES string of the molecule is Cc1c(Br)cccc1C(=O)N=C=O. The lowest BCUT2D eigenvalue weighted by Gasteiger charge is -2.01. The Morgan fingerprint density at radius 3 is 2.85 bits per heavy atom. The van der Waals surface area contributed by atoms with Crippen molar-refractivity contribution >= 4 is 27.9 Å². The van der Waals surface area contributed by atoms with Gasteiger partial charge < -0.3 is 0 Å². The predicted octanol–water partition coefficient (Wildman–Crippen LogP) is 2.23. The van der Waals surface area contributed by atoms with Crippen molar-refractivity contribution in [3.8, 4) is 0 Å². The molecule has 0 aromatic heterocycles. The van der Waals surface area contributed by atoms with Crippen LogP contribution in [0.15, 0.2) is 27.7 Å². The summed E-state index contributed by atoms with van der Waals surface area (Å²) < 4.78 is 0.819. The van der Waals surface area contributed by atoms with Gasteiger partial charge in [-0.3, -0.25) is 4.79 Å². The molecule has 4 heteroatoms. The highest BCUT2D eigenvalue weighted by Crippen LogP contribution is 2.19. The van der Waals surface area contributed by atoms with Gasteiger partial charge in [-0.05, 0) is 24.6 Å². The monoisotopic (exact) mass is 239 g/mol. The first-order valence-corrected chi connectivity index (χ1v) is 4.33. The summed E-state index contributed by atoms with van der Waals surface area (Å²) in [6.45, 7) is 1.78. The minimum Gasteiger partial charge on any atom is -0.266 e. The Bertz CT molecular complexity index is 395. The Labute approximate surface area is 83.6 Å². The predicted molar refractivity (Wildman–Crippen MR) is 51.3 cm³/mol. The number of carbonyl (C=O) groups excluding carboxylic acids is 2. The van der Waals surface area contributed by atoms with Crippen LogP contribution in [0.25, 0.3) is 0 Å². The van der Waals surface area contributed by atoms with Crippen LogP contribution in [-0.4, -0.2) is 12.0 Å². The Hall–Kier alpha value is -1.25. The minimum atomic E-state index is -0.561. The summed E-state index contributed by atoms with van der Waals surface area (Å²) >= 11 is 3.27. The Balaban J connectivity index is 3.22. The molecule has 0 unspecified atom stereocenters. The van der Waals surface area contributed by atoms with Gasteiger partial charge in [0.2, 0.25) is 6.08 Å². The fraction of sp³-hybridized carbons (Fsp3) is 0.111. The number of carbonyl (C=O) groups is 1. The van der Waals surface area contributed by atoms with Gasteiger partial charge >= 0.3 is 0 Å². The molecule has 3 nitrogen and oxygen atoms in total. The number of benzene rings is 1. The van der Waals surface area contributed by atoms with Crippen LogP contribution in [0.3, 0.4) is 0 Å². The summed E-state index contributed by atoms with van der Waals surface area (Å²) in [5.41, 5.74) is 1.18. The van der Waals surface area contributed by atoms with E-state index in [-0.39, 0.29) is 0 Å². The molecule has 66 valence electrons. The van der Waals surface area contributed by atoms with Crippen molar-refractivity contribution in [2.45, 2.75) is 6.92 Å². The van der Waals surface area contributed by atoms with Crippen molar-refractivity contribution in [1.29, 1.82) is 0 Å². The lowest BCUT2D eigenvalue weighted by atomic mass is 10.1. The topological polar surface area (TPSA) is 46.5 Å². The van der Waals surface area contributed by atoms with Crippen LogP contribution in [-0.2, 0) is 4.79 Å². The molecule has 0 bridgehead atoms. The molecule has 13 heavy (non-hydrogen) atoms. The van der Waals surface area contributed by atoms with Crippen LogP contribution in [0.5, 0.6) is 0 Å². The van der Waals surface area contributed by atoms with Crippen LogP contribution < -0.4 is 0 Å². The molecule has 0 N–H and O–H groups in total. The molecule has 1 aromatic rings. The number of rotatable bonds is 1. The second-order valence-corrected chi connectivity index (χ2v) is 3.27. The first-order valence-electron chi connectivity index (χ1n) is 3.54. The zero-order valence-electron chi connectivity index (χ0n) is 6.87. The molecule has 0 saturated heterocycles. The highest BCUT2D eigenvalue weighted by molar-refractivity contribution is 9.10. The molecule has 0 spiro atoms.